The Kier molecular flexibility index (Phi) is 6.22. The summed E-state index contributed by atoms with van der Waals surface area (Å²) in [5, 5.41) is 13.1. The molecule has 0 spiro atoms. The molecule has 0 bridgehead atoms. The molecule has 41 heavy (non-hydrogen) atoms. The van der Waals surface area contributed by atoms with Gasteiger partial charge in [0.15, 0.2) is 17.3 Å². The minimum atomic E-state index is 0.130. The van der Waals surface area contributed by atoms with Crippen LogP contribution in [-0.2, 0) is 0 Å². The molecule has 0 aliphatic heterocycles. The van der Waals surface area contributed by atoms with Gasteiger partial charge in [0, 0.05) is 28.3 Å². The Labute approximate surface area is 236 Å². The van der Waals surface area contributed by atoms with Crippen LogP contribution in [0.25, 0.3) is 44.1 Å². The lowest BCUT2D eigenvalue weighted by Gasteiger charge is -2.07. The highest BCUT2D eigenvalue weighted by molar-refractivity contribution is 6.15. The highest BCUT2D eigenvalue weighted by Gasteiger charge is 2.13. The smallest absolute Gasteiger partial charge is 0.227 e. The van der Waals surface area contributed by atoms with Crippen LogP contribution in [0.3, 0.4) is 0 Å². The van der Waals surface area contributed by atoms with Crippen molar-refractivity contribution in [1.29, 1.82) is 5.41 Å². The zero-order valence-corrected chi connectivity index (χ0v) is 22.0. The van der Waals surface area contributed by atoms with E-state index in [2.05, 4.69) is 24.3 Å². The molecule has 0 saturated carbocycles. The van der Waals surface area contributed by atoms with Gasteiger partial charge < -0.3 is 4.42 Å². The quantitative estimate of drug-likeness (QED) is 0.183. The van der Waals surface area contributed by atoms with Gasteiger partial charge in [0.25, 0.3) is 0 Å². The molecule has 0 amide bonds. The van der Waals surface area contributed by atoms with E-state index in [1.54, 1.807) is 6.21 Å². The number of hydrogen-bond acceptors (Lipinski definition) is 3. The summed E-state index contributed by atoms with van der Waals surface area (Å²) in [5.74, 6) is 1.19. The molecule has 1 aromatic heterocycles. The summed E-state index contributed by atoms with van der Waals surface area (Å²) < 4.78 is 6.04. The summed E-state index contributed by atoms with van der Waals surface area (Å²) in [6, 6.07) is 43.9. The number of amidine groups is 2. The van der Waals surface area contributed by atoms with Crippen molar-refractivity contribution in [3.63, 3.8) is 0 Å². The van der Waals surface area contributed by atoms with Gasteiger partial charge in [0.2, 0.25) is 5.89 Å². The van der Waals surface area contributed by atoms with Gasteiger partial charge in [-0.15, -0.1) is 0 Å². The maximum atomic E-state index is 8.91. The third-order valence-electron chi connectivity index (χ3n) is 7.03. The Bertz CT molecular complexity index is 2110. The minimum absolute atomic E-state index is 0.130. The third-order valence-corrected chi connectivity index (χ3v) is 7.03. The molecule has 7 aromatic rings. The first-order valence-electron chi connectivity index (χ1n) is 13.4. The Balaban J connectivity index is 1.27. The fourth-order valence-corrected chi connectivity index (χ4v) is 4.91. The maximum Gasteiger partial charge on any atom is 0.227 e. The molecule has 0 atom stereocenters. The van der Waals surface area contributed by atoms with Gasteiger partial charge in [-0.1, -0.05) is 103 Å². The molecule has 1 N–H and O–H groups in total. The van der Waals surface area contributed by atoms with Crippen molar-refractivity contribution >= 4 is 50.5 Å². The van der Waals surface area contributed by atoms with Crippen LogP contribution in [0.1, 0.15) is 16.7 Å². The van der Waals surface area contributed by atoms with Crippen molar-refractivity contribution < 1.29 is 4.42 Å². The lowest BCUT2D eigenvalue weighted by Crippen LogP contribution is -2.05. The maximum absolute atomic E-state index is 8.91. The number of fused-ring (bicyclic) bond motifs is 4. The molecule has 0 unspecified atom stereocenters. The van der Waals surface area contributed by atoms with E-state index in [0.717, 1.165) is 49.3 Å². The molecule has 0 radical (unpaired) electrons. The second kappa shape index (κ2) is 10.5. The summed E-state index contributed by atoms with van der Waals surface area (Å²) in [4.78, 5) is 14.2. The fraction of sp³-hybridized carbons (Fsp3) is 0. The van der Waals surface area contributed by atoms with E-state index < -0.39 is 0 Å². The zero-order chi connectivity index (χ0) is 27.6. The standard InChI is InChI=1S/C36H24N4O/c37-34(29-17-19-31-28(22-29)18-20-32-33(31)39-36(41-32)26-12-5-2-6-13-26)40-35(38-23-24-9-3-1-4-10-24)30-16-15-25-11-7-8-14-27(25)21-30/h1-23,37H. The van der Waals surface area contributed by atoms with Crippen LogP contribution in [0.4, 0.5) is 0 Å². The molecule has 0 fully saturated rings. The molecule has 5 nitrogen and oxygen atoms in total. The van der Waals surface area contributed by atoms with Crippen molar-refractivity contribution in [3.8, 4) is 11.5 Å². The summed E-state index contributed by atoms with van der Waals surface area (Å²) in [5.41, 5.74) is 4.96. The lowest BCUT2D eigenvalue weighted by molar-refractivity contribution is 0.620. The summed E-state index contributed by atoms with van der Waals surface area (Å²) in [6.45, 7) is 0. The van der Waals surface area contributed by atoms with Gasteiger partial charge in [0.05, 0.1) is 0 Å². The number of benzene rings is 6. The van der Waals surface area contributed by atoms with Crippen LogP contribution < -0.4 is 0 Å². The van der Waals surface area contributed by atoms with Gasteiger partial charge in [-0.05, 0) is 52.1 Å². The van der Waals surface area contributed by atoms with Crippen LogP contribution in [0.15, 0.2) is 148 Å². The van der Waals surface area contributed by atoms with E-state index in [9.17, 15) is 0 Å². The summed E-state index contributed by atoms with van der Waals surface area (Å²) in [7, 11) is 0. The largest absolute Gasteiger partial charge is 0.436 e. The molecule has 194 valence electrons. The highest BCUT2D eigenvalue weighted by atomic mass is 16.3. The van der Waals surface area contributed by atoms with Gasteiger partial charge in [-0.3, -0.25) is 5.41 Å². The fourth-order valence-electron chi connectivity index (χ4n) is 4.91. The number of oxazole rings is 1. The van der Waals surface area contributed by atoms with Crippen molar-refractivity contribution in [1.82, 2.24) is 4.98 Å². The van der Waals surface area contributed by atoms with Crippen LogP contribution >= 0.6 is 0 Å². The minimum Gasteiger partial charge on any atom is -0.436 e. The first kappa shape index (κ1) is 24.4. The highest BCUT2D eigenvalue weighted by Crippen LogP contribution is 2.30. The lowest BCUT2D eigenvalue weighted by atomic mass is 10.0. The van der Waals surface area contributed by atoms with Crippen molar-refractivity contribution in [2.75, 3.05) is 0 Å². The van der Waals surface area contributed by atoms with Crippen LogP contribution in [0.2, 0.25) is 0 Å². The third kappa shape index (κ3) is 4.92. The van der Waals surface area contributed by atoms with Crippen molar-refractivity contribution in [2.24, 2.45) is 9.98 Å². The number of rotatable bonds is 4. The SMILES string of the molecule is N=C(N=C(N=Cc1ccccc1)c1ccc2ccccc2c1)c1ccc2c(ccc3oc(-c4ccccc4)nc32)c1. The van der Waals surface area contributed by atoms with Crippen LogP contribution in [0, 0.1) is 5.41 Å². The molecular weight excluding hydrogens is 504 g/mol. The van der Waals surface area contributed by atoms with E-state index in [-0.39, 0.29) is 5.84 Å². The van der Waals surface area contributed by atoms with Gasteiger partial charge >= 0.3 is 0 Å². The molecule has 6 aromatic carbocycles. The first-order valence-corrected chi connectivity index (χ1v) is 13.4. The molecule has 7 rings (SSSR count). The topological polar surface area (TPSA) is 74.6 Å². The van der Waals surface area contributed by atoms with Gasteiger partial charge in [-0.2, -0.15) is 0 Å². The van der Waals surface area contributed by atoms with Gasteiger partial charge in [0.1, 0.15) is 5.52 Å². The van der Waals surface area contributed by atoms with Crippen LogP contribution in [-0.4, -0.2) is 22.9 Å². The Morgan fingerprint density at radius 3 is 2.17 bits per heavy atom. The first-order chi connectivity index (χ1) is 20.2. The molecule has 5 heteroatoms. The van der Waals surface area contributed by atoms with Crippen molar-refractivity contribution in [3.05, 3.63) is 150 Å². The van der Waals surface area contributed by atoms with Gasteiger partial charge in [-0.25, -0.2) is 15.0 Å². The van der Waals surface area contributed by atoms with E-state index in [1.807, 2.05) is 109 Å². The predicted octanol–water partition coefficient (Wildman–Crippen LogP) is 8.69. The summed E-state index contributed by atoms with van der Waals surface area (Å²) >= 11 is 0. The number of aromatic nitrogens is 1. The van der Waals surface area contributed by atoms with E-state index in [4.69, 9.17) is 24.8 Å². The van der Waals surface area contributed by atoms with Crippen molar-refractivity contribution in [2.45, 2.75) is 0 Å². The predicted molar refractivity (Wildman–Crippen MR) is 168 cm³/mol. The zero-order valence-electron chi connectivity index (χ0n) is 22.0. The van der Waals surface area contributed by atoms with E-state index in [1.165, 1.54) is 0 Å². The number of nitrogens with one attached hydrogen (secondary N) is 1. The second-order valence-corrected chi connectivity index (χ2v) is 9.75. The number of aliphatic imine (C=N–C) groups is 2. The number of hydrogen-bond donors (Lipinski definition) is 1. The average Bonchev–Trinajstić information content (AvgIpc) is 3.48. The number of nitrogens with zero attached hydrogens (tertiary/aromatic N) is 3. The average molecular weight is 529 g/mol. The Morgan fingerprint density at radius 2 is 1.34 bits per heavy atom. The second-order valence-electron chi connectivity index (χ2n) is 9.75. The van der Waals surface area contributed by atoms with E-state index in [0.29, 0.717) is 17.3 Å². The molecule has 0 saturated heterocycles. The molecule has 0 aliphatic rings. The molecule has 0 aliphatic carbocycles. The Morgan fingerprint density at radius 1 is 0.659 bits per heavy atom. The monoisotopic (exact) mass is 528 g/mol. The normalized spacial score (nSPS) is 12.0. The summed E-state index contributed by atoms with van der Waals surface area (Å²) in [6.07, 6.45) is 1.79. The Hall–Kier alpha value is -5.68. The van der Waals surface area contributed by atoms with Crippen LogP contribution in [0.5, 0.6) is 0 Å². The molecular formula is C36H24N4O. The van der Waals surface area contributed by atoms with E-state index >= 15 is 0 Å². The molecule has 1 heterocycles.